The van der Waals surface area contributed by atoms with Gasteiger partial charge in [-0.2, -0.15) is 0 Å². The van der Waals surface area contributed by atoms with Crippen LogP contribution in [-0.4, -0.2) is 12.0 Å². The molecule has 0 saturated heterocycles. The first-order valence-corrected chi connectivity index (χ1v) is 5.21. The van der Waals surface area contributed by atoms with E-state index in [0.717, 1.165) is 24.8 Å². The number of rotatable bonds is 1. The third-order valence-electron chi connectivity index (χ3n) is 2.73. The largest absolute Gasteiger partial charge is 0.426 e. The lowest BCUT2D eigenvalue weighted by molar-refractivity contribution is -0.131. The number of nitrogens with two attached hydrogens (primary N) is 1. The van der Waals surface area contributed by atoms with Crippen LogP contribution in [0.1, 0.15) is 24.5 Å². The van der Waals surface area contributed by atoms with Crippen molar-refractivity contribution in [2.75, 3.05) is 0 Å². The molecule has 15 heavy (non-hydrogen) atoms. The van der Waals surface area contributed by atoms with E-state index in [4.69, 9.17) is 10.5 Å². The summed E-state index contributed by atoms with van der Waals surface area (Å²) in [4.78, 5) is 10.9. The quantitative estimate of drug-likeness (QED) is 0.557. The molecule has 3 heteroatoms. The zero-order valence-electron chi connectivity index (χ0n) is 8.82. The fourth-order valence-corrected chi connectivity index (χ4v) is 2.05. The SMILES string of the molecule is CC(=O)Oc1cccc2c1CCC(N)C2. The lowest BCUT2D eigenvalue weighted by atomic mass is 9.88. The minimum absolute atomic E-state index is 0.241. The Balaban J connectivity index is 2.33. The van der Waals surface area contributed by atoms with E-state index < -0.39 is 0 Å². The van der Waals surface area contributed by atoms with Crippen LogP contribution in [0, 0.1) is 0 Å². The van der Waals surface area contributed by atoms with Gasteiger partial charge in [0.05, 0.1) is 0 Å². The smallest absolute Gasteiger partial charge is 0.308 e. The second-order valence-electron chi connectivity index (χ2n) is 3.99. The zero-order valence-corrected chi connectivity index (χ0v) is 8.82. The molecule has 1 aliphatic carbocycles. The molecule has 3 nitrogen and oxygen atoms in total. The summed E-state index contributed by atoms with van der Waals surface area (Å²) in [5, 5.41) is 0. The summed E-state index contributed by atoms with van der Waals surface area (Å²) < 4.78 is 5.17. The predicted molar refractivity (Wildman–Crippen MR) is 57.8 cm³/mol. The molecule has 1 aliphatic rings. The van der Waals surface area contributed by atoms with Crippen LogP contribution in [-0.2, 0) is 17.6 Å². The summed E-state index contributed by atoms with van der Waals surface area (Å²) in [6.45, 7) is 1.42. The van der Waals surface area contributed by atoms with Crippen molar-refractivity contribution in [1.29, 1.82) is 0 Å². The minimum atomic E-state index is -0.265. The maximum atomic E-state index is 10.9. The van der Waals surface area contributed by atoms with E-state index in [-0.39, 0.29) is 12.0 Å². The van der Waals surface area contributed by atoms with Crippen LogP contribution in [0.5, 0.6) is 5.75 Å². The average molecular weight is 205 g/mol. The number of fused-ring (bicyclic) bond motifs is 1. The summed E-state index contributed by atoms with van der Waals surface area (Å²) in [5.74, 6) is 0.435. The van der Waals surface area contributed by atoms with Crippen molar-refractivity contribution in [2.24, 2.45) is 5.73 Å². The first-order chi connectivity index (χ1) is 7.16. The molecule has 0 aliphatic heterocycles. The molecular weight excluding hydrogens is 190 g/mol. The fraction of sp³-hybridized carbons (Fsp3) is 0.417. The topological polar surface area (TPSA) is 52.3 Å². The zero-order chi connectivity index (χ0) is 10.8. The monoisotopic (exact) mass is 205 g/mol. The number of benzene rings is 1. The molecule has 0 heterocycles. The Morgan fingerprint density at radius 3 is 3.07 bits per heavy atom. The number of hydrogen-bond donors (Lipinski definition) is 1. The van der Waals surface area contributed by atoms with Crippen LogP contribution in [0.4, 0.5) is 0 Å². The van der Waals surface area contributed by atoms with E-state index in [0.29, 0.717) is 5.75 Å². The second kappa shape index (κ2) is 4.03. The number of esters is 1. The van der Waals surface area contributed by atoms with Gasteiger partial charge in [-0.15, -0.1) is 0 Å². The lowest BCUT2D eigenvalue weighted by Crippen LogP contribution is -2.28. The number of hydrogen-bond acceptors (Lipinski definition) is 3. The highest BCUT2D eigenvalue weighted by Gasteiger charge is 2.19. The van der Waals surface area contributed by atoms with Gasteiger partial charge in [-0.3, -0.25) is 4.79 Å². The average Bonchev–Trinajstić information content (AvgIpc) is 2.16. The highest BCUT2D eigenvalue weighted by molar-refractivity contribution is 5.70. The predicted octanol–water partition coefficient (Wildman–Crippen LogP) is 1.43. The van der Waals surface area contributed by atoms with Gasteiger partial charge in [0.15, 0.2) is 0 Å². The van der Waals surface area contributed by atoms with Gasteiger partial charge < -0.3 is 10.5 Å². The Labute approximate surface area is 89.2 Å². The molecule has 2 rings (SSSR count). The van der Waals surface area contributed by atoms with Gasteiger partial charge in [-0.05, 0) is 36.5 Å². The van der Waals surface area contributed by atoms with Gasteiger partial charge >= 0.3 is 5.97 Å². The van der Waals surface area contributed by atoms with Gasteiger partial charge in [0, 0.05) is 13.0 Å². The first kappa shape index (κ1) is 10.2. The molecule has 0 bridgehead atoms. The molecule has 1 unspecified atom stereocenters. The lowest BCUT2D eigenvalue weighted by Gasteiger charge is -2.22. The van der Waals surface area contributed by atoms with Crippen LogP contribution in [0.2, 0.25) is 0 Å². The standard InChI is InChI=1S/C12H15NO2/c1-8(14)15-12-4-2-3-9-7-10(13)5-6-11(9)12/h2-4,10H,5-7,13H2,1H3. The van der Waals surface area contributed by atoms with Crippen LogP contribution in [0.15, 0.2) is 18.2 Å². The third-order valence-corrected chi connectivity index (χ3v) is 2.73. The first-order valence-electron chi connectivity index (χ1n) is 5.21. The molecule has 80 valence electrons. The molecule has 1 atom stereocenters. The molecule has 0 amide bonds. The van der Waals surface area contributed by atoms with Gasteiger partial charge in [-0.1, -0.05) is 12.1 Å². The van der Waals surface area contributed by atoms with Crippen molar-refractivity contribution in [3.05, 3.63) is 29.3 Å². The number of ether oxygens (including phenoxy) is 1. The van der Waals surface area contributed by atoms with Crippen molar-refractivity contribution >= 4 is 5.97 Å². The molecule has 0 aromatic heterocycles. The van der Waals surface area contributed by atoms with Gasteiger partial charge in [0.25, 0.3) is 0 Å². The van der Waals surface area contributed by atoms with Gasteiger partial charge in [0.1, 0.15) is 5.75 Å². The van der Waals surface area contributed by atoms with E-state index in [1.54, 1.807) is 0 Å². The highest BCUT2D eigenvalue weighted by atomic mass is 16.5. The van der Waals surface area contributed by atoms with Crippen molar-refractivity contribution in [2.45, 2.75) is 32.2 Å². The van der Waals surface area contributed by atoms with Crippen molar-refractivity contribution < 1.29 is 9.53 Å². The van der Waals surface area contributed by atoms with E-state index in [9.17, 15) is 4.79 Å². The molecule has 2 N–H and O–H groups in total. The normalized spacial score (nSPS) is 19.5. The van der Waals surface area contributed by atoms with Crippen LogP contribution in [0.3, 0.4) is 0 Å². The molecule has 0 radical (unpaired) electrons. The number of carbonyl (C=O) groups is 1. The third kappa shape index (κ3) is 2.18. The minimum Gasteiger partial charge on any atom is -0.426 e. The molecule has 1 aromatic carbocycles. The summed E-state index contributed by atoms with van der Waals surface area (Å²) in [6, 6.07) is 6.05. The Morgan fingerprint density at radius 2 is 2.33 bits per heavy atom. The Morgan fingerprint density at radius 1 is 1.53 bits per heavy atom. The van der Waals surface area contributed by atoms with Gasteiger partial charge in [-0.25, -0.2) is 0 Å². The van der Waals surface area contributed by atoms with E-state index in [1.165, 1.54) is 12.5 Å². The second-order valence-corrected chi connectivity index (χ2v) is 3.99. The Bertz CT molecular complexity index is 387. The molecule has 0 fully saturated rings. The van der Waals surface area contributed by atoms with Crippen LogP contribution in [0.25, 0.3) is 0 Å². The highest BCUT2D eigenvalue weighted by Crippen LogP contribution is 2.29. The molecule has 0 saturated carbocycles. The van der Waals surface area contributed by atoms with Crippen molar-refractivity contribution in [1.82, 2.24) is 0 Å². The van der Waals surface area contributed by atoms with Crippen molar-refractivity contribution in [3.8, 4) is 5.75 Å². The van der Waals surface area contributed by atoms with E-state index in [1.807, 2.05) is 12.1 Å². The summed E-state index contributed by atoms with van der Waals surface area (Å²) in [5.41, 5.74) is 8.26. The fourth-order valence-electron chi connectivity index (χ4n) is 2.05. The Hall–Kier alpha value is -1.35. The van der Waals surface area contributed by atoms with Gasteiger partial charge in [0.2, 0.25) is 0 Å². The maximum absolute atomic E-state index is 10.9. The van der Waals surface area contributed by atoms with Crippen LogP contribution < -0.4 is 10.5 Å². The maximum Gasteiger partial charge on any atom is 0.308 e. The van der Waals surface area contributed by atoms with E-state index in [2.05, 4.69) is 6.07 Å². The summed E-state index contributed by atoms with van der Waals surface area (Å²) in [6.07, 6.45) is 2.75. The summed E-state index contributed by atoms with van der Waals surface area (Å²) >= 11 is 0. The summed E-state index contributed by atoms with van der Waals surface area (Å²) in [7, 11) is 0. The molecular formula is C12H15NO2. The molecule has 1 aromatic rings. The van der Waals surface area contributed by atoms with Crippen molar-refractivity contribution in [3.63, 3.8) is 0 Å². The number of carbonyl (C=O) groups excluding carboxylic acids is 1. The van der Waals surface area contributed by atoms with Crippen LogP contribution >= 0.6 is 0 Å². The van der Waals surface area contributed by atoms with E-state index >= 15 is 0 Å². The molecule has 0 spiro atoms. The Kier molecular flexibility index (Phi) is 2.73.